The molecule has 2 heterocycles. The van der Waals surface area contributed by atoms with Gasteiger partial charge in [-0.15, -0.1) is 10.2 Å². The Kier molecular flexibility index (Phi) is 8.63. The van der Waals surface area contributed by atoms with Crippen molar-refractivity contribution in [3.05, 3.63) is 122 Å². The van der Waals surface area contributed by atoms with Crippen LogP contribution in [-0.2, 0) is 9.47 Å². The number of aromatic nitrogens is 4. The van der Waals surface area contributed by atoms with Crippen molar-refractivity contribution in [2.45, 2.75) is 0 Å². The van der Waals surface area contributed by atoms with E-state index in [0.717, 1.165) is 0 Å². The van der Waals surface area contributed by atoms with Crippen LogP contribution >= 0.6 is 0 Å². The summed E-state index contributed by atoms with van der Waals surface area (Å²) in [5.74, 6) is -0.783. The predicted octanol–water partition coefficient (Wildman–Crippen LogP) is 6.22. The van der Waals surface area contributed by atoms with Gasteiger partial charge in [0, 0.05) is 29.9 Å². The zero-order chi connectivity index (χ0) is 30.2. The average molecular weight is 575 g/mol. The summed E-state index contributed by atoms with van der Waals surface area (Å²) in [5, 5.41) is 28.0. The number of nitrogens with one attached hydrogen (secondary N) is 1. The second-order valence-electron chi connectivity index (χ2n) is 9.23. The zero-order valence-electron chi connectivity index (χ0n) is 22.9. The van der Waals surface area contributed by atoms with E-state index < -0.39 is 5.91 Å². The number of hydrogen-bond donors (Lipinski definition) is 2. The molecule has 0 fully saturated rings. The maximum absolute atomic E-state index is 13.7. The summed E-state index contributed by atoms with van der Waals surface area (Å²) in [6.45, 7) is 15.4. The number of allylic oxidation sites excluding steroid dienone is 1. The number of phenolic OH excluding ortho intramolecular Hbond substituents is 1. The second kappa shape index (κ2) is 13.0. The lowest BCUT2D eigenvalue weighted by Crippen LogP contribution is -2.28. The number of phenols is 1. The Morgan fingerprint density at radius 1 is 1.12 bits per heavy atom. The molecule has 2 aromatic heterocycles. The minimum Gasteiger partial charge on any atom is -0.505 e. The van der Waals surface area contributed by atoms with Crippen molar-refractivity contribution < 1.29 is 19.4 Å². The molecule has 0 bridgehead atoms. The van der Waals surface area contributed by atoms with Gasteiger partial charge >= 0.3 is 0 Å². The number of amides is 1. The summed E-state index contributed by atoms with van der Waals surface area (Å²) >= 11 is 0. The molecule has 12 nitrogen and oxygen atoms in total. The van der Waals surface area contributed by atoms with Crippen molar-refractivity contribution in [1.29, 1.82) is 0 Å². The molecule has 2 unspecified atom stereocenters. The highest BCUT2D eigenvalue weighted by molar-refractivity contribution is 6.11. The van der Waals surface area contributed by atoms with E-state index in [4.69, 9.17) is 16.0 Å². The summed E-state index contributed by atoms with van der Waals surface area (Å²) in [5.41, 5.74) is 0.676. The SMILES string of the molecule is [C-]#[N+]c1cnn(-c2ncccn2)c1N=Nc1cc2ccccc2c(C(=O)NC2=CC(COC=C)C(COC=C)C=C2)c1O. The summed E-state index contributed by atoms with van der Waals surface area (Å²) in [7, 11) is 0. The molecular weight excluding hydrogens is 548 g/mol. The van der Waals surface area contributed by atoms with Gasteiger partial charge in [0.15, 0.2) is 11.6 Å². The normalized spacial score (nSPS) is 15.9. The Bertz CT molecular complexity index is 1800. The number of hydrogen-bond acceptors (Lipinski definition) is 9. The van der Waals surface area contributed by atoms with E-state index in [1.54, 1.807) is 36.4 Å². The highest BCUT2D eigenvalue weighted by Gasteiger charge is 2.25. The number of nitrogens with zero attached hydrogens (tertiary/aromatic N) is 7. The number of carbonyl (C=O) groups excluding carboxylic acids is 1. The van der Waals surface area contributed by atoms with Crippen molar-refractivity contribution in [2.75, 3.05) is 13.2 Å². The quantitative estimate of drug-likeness (QED) is 0.123. The maximum Gasteiger partial charge on any atom is 0.260 e. The molecule has 2 atom stereocenters. The minimum atomic E-state index is -0.546. The lowest BCUT2D eigenvalue weighted by atomic mass is 9.88. The first kappa shape index (κ1) is 28.4. The first-order valence-electron chi connectivity index (χ1n) is 13.1. The number of azo groups is 1. The first-order valence-corrected chi connectivity index (χ1v) is 13.1. The maximum atomic E-state index is 13.7. The van der Waals surface area contributed by atoms with E-state index in [1.807, 2.05) is 18.2 Å². The molecule has 1 amide bonds. The smallest absolute Gasteiger partial charge is 0.260 e. The van der Waals surface area contributed by atoms with Crippen LogP contribution in [0.3, 0.4) is 0 Å². The molecular formula is C31H26N8O4. The van der Waals surface area contributed by atoms with E-state index in [0.29, 0.717) is 29.7 Å². The van der Waals surface area contributed by atoms with Crippen LogP contribution in [0.15, 0.2) is 115 Å². The number of ether oxygens (including phenoxy) is 2. The van der Waals surface area contributed by atoms with E-state index in [2.05, 4.69) is 48.6 Å². The molecule has 5 rings (SSSR count). The van der Waals surface area contributed by atoms with Gasteiger partial charge in [0.1, 0.15) is 5.69 Å². The summed E-state index contributed by atoms with van der Waals surface area (Å²) in [4.78, 5) is 25.4. The van der Waals surface area contributed by atoms with Crippen LogP contribution in [0.25, 0.3) is 21.6 Å². The lowest BCUT2D eigenvalue weighted by molar-refractivity contribution is 0.0964. The van der Waals surface area contributed by atoms with E-state index >= 15 is 0 Å². The average Bonchev–Trinajstić information content (AvgIpc) is 3.45. The molecule has 4 aromatic rings. The van der Waals surface area contributed by atoms with Crippen molar-refractivity contribution in [3.63, 3.8) is 0 Å². The van der Waals surface area contributed by atoms with Gasteiger partial charge in [0.25, 0.3) is 17.5 Å². The number of benzene rings is 2. The summed E-state index contributed by atoms with van der Waals surface area (Å²) in [6, 6.07) is 10.4. The highest BCUT2D eigenvalue weighted by Crippen LogP contribution is 2.39. The van der Waals surface area contributed by atoms with Gasteiger partial charge in [-0.25, -0.2) is 14.8 Å². The van der Waals surface area contributed by atoms with Crippen molar-refractivity contribution in [2.24, 2.45) is 22.1 Å². The molecule has 0 saturated carbocycles. The molecule has 0 aliphatic heterocycles. The first-order chi connectivity index (χ1) is 21.0. The van der Waals surface area contributed by atoms with Crippen LogP contribution in [0.5, 0.6) is 5.75 Å². The van der Waals surface area contributed by atoms with Gasteiger partial charge in [0.2, 0.25) is 0 Å². The third kappa shape index (κ3) is 6.15. The monoisotopic (exact) mass is 574 g/mol. The van der Waals surface area contributed by atoms with Crippen LogP contribution < -0.4 is 5.32 Å². The molecule has 0 saturated heterocycles. The van der Waals surface area contributed by atoms with Crippen LogP contribution in [0.2, 0.25) is 0 Å². The van der Waals surface area contributed by atoms with Crippen molar-refractivity contribution >= 4 is 33.9 Å². The molecule has 12 heteroatoms. The third-order valence-electron chi connectivity index (χ3n) is 6.61. The van der Waals surface area contributed by atoms with Crippen LogP contribution in [0.1, 0.15) is 10.4 Å². The van der Waals surface area contributed by atoms with Crippen molar-refractivity contribution in [3.8, 4) is 11.7 Å². The Morgan fingerprint density at radius 3 is 2.60 bits per heavy atom. The fourth-order valence-electron chi connectivity index (χ4n) is 4.55. The van der Waals surface area contributed by atoms with Gasteiger partial charge in [-0.2, -0.15) is 9.78 Å². The van der Waals surface area contributed by atoms with Crippen LogP contribution in [0, 0.1) is 18.4 Å². The van der Waals surface area contributed by atoms with E-state index in [1.165, 1.54) is 35.8 Å². The molecule has 2 N–H and O–H groups in total. The minimum absolute atomic E-state index is 0.00774. The summed E-state index contributed by atoms with van der Waals surface area (Å²) < 4.78 is 12.1. The van der Waals surface area contributed by atoms with Crippen molar-refractivity contribution in [1.82, 2.24) is 25.1 Å². The summed E-state index contributed by atoms with van der Waals surface area (Å²) in [6.07, 6.45) is 12.7. The van der Waals surface area contributed by atoms with Gasteiger partial charge in [0.05, 0.1) is 44.1 Å². The standard InChI is InChI=1S/C31H26N8O4/c1-4-42-18-21-11-12-23(15-22(21)19-43-5-2)36-30(41)27-24-10-7-6-9-20(24)16-25(28(27)40)37-38-29-26(32-3)17-35-39(29)31-33-13-8-14-34-31/h4-17,21-22,40H,1-2,18-19H2,(H,36,41). The van der Waals surface area contributed by atoms with Gasteiger partial charge in [-0.1, -0.05) is 49.6 Å². The molecule has 1 aliphatic carbocycles. The fourth-order valence-corrected chi connectivity index (χ4v) is 4.55. The molecule has 0 radical (unpaired) electrons. The predicted molar refractivity (Wildman–Crippen MR) is 159 cm³/mol. The molecule has 0 spiro atoms. The van der Waals surface area contributed by atoms with Gasteiger partial charge in [-0.3, -0.25) is 4.79 Å². The third-order valence-corrected chi connectivity index (χ3v) is 6.61. The lowest BCUT2D eigenvalue weighted by Gasteiger charge is -2.25. The molecule has 43 heavy (non-hydrogen) atoms. The zero-order valence-corrected chi connectivity index (χ0v) is 22.9. The van der Waals surface area contributed by atoms with Crippen LogP contribution in [-0.4, -0.2) is 44.0 Å². The Balaban J connectivity index is 1.49. The van der Waals surface area contributed by atoms with Gasteiger partial charge in [-0.05, 0) is 29.0 Å². The molecule has 1 aliphatic rings. The highest BCUT2D eigenvalue weighted by atomic mass is 16.5. The molecule has 2 aromatic carbocycles. The fraction of sp³-hybridized carbons (Fsp3) is 0.129. The van der Waals surface area contributed by atoms with Gasteiger partial charge < -0.3 is 19.9 Å². The Labute approximate surface area is 246 Å². The largest absolute Gasteiger partial charge is 0.505 e. The van der Waals surface area contributed by atoms with E-state index in [-0.39, 0.29) is 46.3 Å². The molecule has 214 valence electrons. The number of rotatable bonds is 11. The van der Waals surface area contributed by atoms with E-state index in [9.17, 15) is 9.90 Å². The topological polar surface area (TPSA) is 140 Å². The second-order valence-corrected chi connectivity index (χ2v) is 9.23. The Hall–Kier alpha value is -6.09. The number of aromatic hydroxyl groups is 1. The van der Waals surface area contributed by atoms with Crippen LogP contribution in [0.4, 0.5) is 17.2 Å². The number of carbonyl (C=O) groups is 1. The number of fused-ring (bicyclic) bond motifs is 1. The Morgan fingerprint density at radius 2 is 1.86 bits per heavy atom.